The van der Waals surface area contributed by atoms with Crippen LogP contribution < -0.4 is 5.32 Å². The Kier molecular flexibility index (Phi) is 5.40. The Morgan fingerprint density at radius 1 is 0.950 bits per heavy atom. The minimum atomic E-state index is -0.853. The van der Waals surface area contributed by atoms with Crippen LogP contribution in [0.4, 0.5) is 0 Å². The van der Waals surface area contributed by atoms with Crippen molar-refractivity contribution in [3.8, 4) is 0 Å². The summed E-state index contributed by atoms with van der Waals surface area (Å²) in [6.07, 6.45) is 6.47. The van der Waals surface area contributed by atoms with Crippen molar-refractivity contribution in [1.29, 1.82) is 0 Å². The first-order valence-electron chi connectivity index (χ1n) is 7.75. The van der Waals surface area contributed by atoms with Crippen LogP contribution in [0.5, 0.6) is 0 Å². The molecule has 114 valence electrons. The lowest BCUT2D eigenvalue weighted by Crippen LogP contribution is -2.40. The van der Waals surface area contributed by atoms with E-state index >= 15 is 0 Å². The molecular formula is C15H25NO4. The van der Waals surface area contributed by atoms with Gasteiger partial charge >= 0.3 is 5.97 Å². The van der Waals surface area contributed by atoms with Crippen LogP contribution in [0.25, 0.3) is 0 Å². The van der Waals surface area contributed by atoms with Gasteiger partial charge in [-0.3, -0.25) is 9.59 Å². The summed E-state index contributed by atoms with van der Waals surface area (Å²) in [5.41, 5.74) is 0. The lowest BCUT2D eigenvalue weighted by atomic mass is 9.79. The van der Waals surface area contributed by atoms with Gasteiger partial charge in [0.1, 0.15) is 0 Å². The number of carboxylic acid groups (broad SMARTS) is 1. The van der Waals surface area contributed by atoms with Crippen molar-refractivity contribution >= 4 is 11.9 Å². The third-order valence-electron chi connectivity index (χ3n) is 5.01. The average molecular weight is 283 g/mol. The van der Waals surface area contributed by atoms with Gasteiger partial charge in [-0.25, -0.2) is 0 Å². The maximum atomic E-state index is 12.2. The molecule has 0 saturated heterocycles. The van der Waals surface area contributed by atoms with Crippen molar-refractivity contribution in [2.75, 3.05) is 13.2 Å². The van der Waals surface area contributed by atoms with E-state index in [1.807, 2.05) is 0 Å². The number of carbonyl (C=O) groups is 2. The second kappa shape index (κ2) is 7.07. The third kappa shape index (κ3) is 3.51. The zero-order chi connectivity index (χ0) is 14.5. The number of aliphatic hydroxyl groups is 1. The molecule has 0 aromatic heterocycles. The Morgan fingerprint density at radius 2 is 1.60 bits per heavy atom. The number of nitrogens with one attached hydrogen (secondary N) is 1. The summed E-state index contributed by atoms with van der Waals surface area (Å²) in [5.74, 6) is -1.24. The van der Waals surface area contributed by atoms with Crippen LogP contribution in [0.15, 0.2) is 0 Å². The van der Waals surface area contributed by atoms with Gasteiger partial charge in [0, 0.05) is 13.2 Å². The van der Waals surface area contributed by atoms with Crippen LogP contribution in [0.3, 0.4) is 0 Å². The molecule has 2 aliphatic rings. The van der Waals surface area contributed by atoms with E-state index in [1.165, 1.54) is 0 Å². The fourth-order valence-corrected chi connectivity index (χ4v) is 3.73. The molecule has 2 fully saturated rings. The molecule has 0 spiro atoms. The van der Waals surface area contributed by atoms with Crippen LogP contribution in [-0.2, 0) is 9.59 Å². The molecule has 1 amide bonds. The Labute approximate surface area is 119 Å². The van der Waals surface area contributed by atoms with Gasteiger partial charge in [-0.05, 0) is 37.5 Å². The van der Waals surface area contributed by atoms with E-state index in [0.717, 1.165) is 32.1 Å². The van der Waals surface area contributed by atoms with Gasteiger partial charge in [-0.15, -0.1) is 0 Å². The van der Waals surface area contributed by atoms with Crippen molar-refractivity contribution in [3.05, 3.63) is 0 Å². The monoisotopic (exact) mass is 283 g/mol. The Hall–Kier alpha value is -1.10. The number of carbonyl (C=O) groups excluding carboxylic acids is 1. The molecule has 2 aliphatic carbocycles. The highest BCUT2D eigenvalue weighted by molar-refractivity contribution is 5.85. The lowest BCUT2D eigenvalue weighted by Gasteiger charge is -2.30. The first-order chi connectivity index (χ1) is 9.63. The van der Waals surface area contributed by atoms with Gasteiger partial charge in [0.25, 0.3) is 0 Å². The largest absolute Gasteiger partial charge is 0.481 e. The van der Waals surface area contributed by atoms with Crippen LogP contribution in [0.2, 0.25) is 0 Å². The smallest absolute Gasteiger partial charge is 0.307 e. The van der Waals surface area contributed by atoms with Gasteiger partial charge in [0.05, 0.1) is 11.8 Å². The average Bonchev–Trinajstić information content (AvgIpc) is 2.94. The Bertz CT molecular complexity index is 358. The van der Waals surface area contributed by atoms with Crippen molar-refractivity contribution in [2.24, 2.45) is 23.7 Å². The molecule has 0 heterocycles. The number of aliphatic carboxylic acids is 1. The van der Waals surface area contributed by atoms with Gasteiger partial charge in [0.2, 0.25) is 5.91 Å². The summed E-state index contributed by atoms with van der Waals surface area (Å²) in [5, 5.41) is 21.4. The molecule has 0 aromatic rings. The maximum absolute atomic E-state index is 12.2. The van der Waals surface area contributed by atoms with Crippen LogP contribution in [0, 0.1) is 23.7 Å². The first kappa shape index (κ1) is 15.3. The number of rotatable bonds is 5. The quantitative estimate of drug-likeness (QED) is 0.712. The predicted molar refractivity (Wildman–Crippen MR) is 74.0 cm³/mol. The van der Waals surface area contributed by atoms with Crippen LogP contribution in [0.1, 0.15) is 44.9 Å². The normalized spacial score (nSPS) is 33.9. The molecule has 4 atom stereocenters. The maximum Gasteiger partial charge on any atom is 0.307 e. The molecule has 0 aromatic carbocycles. The van der Waals surface area contributed by atoms with Crippen molar-refractivity contribution in [2.45, 2.75) is 44.9 Å². The summed E-state index contributed by atoms with van der Waals surface area (Å²) >= 11 is 0. The standard InChI is InChI=1S/C15H25NO4/c17-9-11-5-2-1-4-10(11)8-16-14(18)12-6-3-7-13(12)15(19)20/h10-13,17H,1-9H2,(H,16,18)(H,19,20)/t10?,11?,12-,13+/m1/s1. The van der Waals surface area contributed by atoms with Crippen molar-refractivity contribution in [1.82, 2.24) is 5.32 Å². The Balaban J connectivity index is 1.83. The van der Waals surface area contributed by atoms with Crippen molar-refractivity contribution in [3.63, 3.8) is 0 Å². The highest BCUT2D eigenvalue weighted by Gasteiger charge is 2.38. The topological polar surface area (TPSA) is 86.6 Å². The summed E-state index contributed by atoms with van der Waals surface area (Å²) in [6, 6.07) is 0. The van der Waals surface area contributed by atoms with Gasteiger partial charge < -0.3 is 15.5 Å². The first-order valence-corrected chi connectivity index (χ1v) is 7.75. The highest BCUT2D eigenvalue weighted by Crippen LogP contribution is 2.33. The lowest BCUT2D eigenvalue weighted by molar-refractivity contribution is -0.146. The highest BCUT2D eigenvalue weighted by atomic mass is 16.4. The number of amides is 1. The fourth-order valence-electron chi connectivity index (χ4n) is 3.73. The van der Waals surface area contributed by atoms with Gasteiger partial charge in [0.15, 0.2) is 0 Å². The molecule has 0 bridgehead atoms. The van der Waals surface area contributed by atoms with E-state index in [9.17, 15) is 14.7 Å². The molecule has 0 radical (unpaired) electrons. The summed E-state index contributed by atoms with van der Waals surface area (Å²) in [4.78, 5) is 23.3. The fraction of sp³-hybridized carbons (Fsp3) is 0.867. The van der Waals surface area contributed by atoms with Gasteiger partial charge in [-0.2, -0.15) is 0 Å². The molecular weight excluding hydrogens is 258 g/mol. The molecule has 5 heteroatoms. The number of carboxylic acids is 1. The molecule has 0 aliphatic heterocycles. The van der Waals surface area contributed by atoms with Crippen LogP contribution >= 0.6 is 0 Å². The van der Waals surface area contributed by atoms with E-state index in [1.54, 1.807) is 0 Å². The zero-order valence-corrected chi connectivity index (χ0v) is 11.9. The second-order valence-electron chi connectivity index (χ2n) is 6.21. The number of hydrogen-bond donors (Lipinski definition) is 3. The minimum absolute atomic E-state index is 0.114. The molecule has 20 heavy (non-hydrogen) atoms. The molecule has 2 rings (SSSR count). The molecule has 5 nitrogen and oxygen atoms in total. The minimum Gasteiger partial charge on any atom is -0.481 e. The van der Waals surface area contributed by atoms with Gasteiger partial charge in [-0.1, -0.05) is 19.3 Å². The van der Waals surface area contributed by atoms with E-state index in [0.29, 0.717) is 25.3 Å². The van der Waals surface area contributed by atoms with Crippen LogP contribution in [-0.4, -0.2) is 35.2 Å². The summed E-state index contributed by atoms with van der Waals surface area (Å²) in [7, 11) is 0. The van der Waals surface area contributed by atoms with E-state index in [-0.39, 0.29) is 24.3 Å². The Morgan fingerprint density at radius 3 is 2.25 bits per heavy atom. The predicted octanol–water partition coefficient (Wildman–Crippen LogP) is 1.40. The van der Waals surface area contributed by atoms with E-state index < -0.39 is 11.9 Å². The van der Waals surface area contributed by atoms with Crippen molar-refractivity contribution < 1.29 is 19.8 Å². The SMILES string of the molecule is O=C(O)[C@H]1CCC[C@H]1C(=O)NCC1CCCCC1CO. The molecule has 2 saturated carbocycles. The summed E-state index contributed by atoms with van der Waals surface area (Å²) < 4.78 is 0. The molecule has 2 unspecified atom stereocenters. The van der Waals surface area contributed by atoms with E-state index in [4.69, 9.17) is 5.11 Å². The number of aliphatic hydroxyl groups excluding tert-OH is 1. The second-order valence-corrected chi connectivity index (χ2v) is 6.21. The number of hydrogen-bond acceptors (Lipinski definition) is 3. The summed E-state index contributed by atoms with van der Waals surface area (Å²) in [6.45, 7) is 0.759. The third-order valence-corrected chi connectivity index (χ3v) is 5.01. The zero-order valence-electron chi connectivity index (χ0n) is 11.9. The molecule has 3 N–H and O–H groups in total. The van der Waals surface area contributed by atoms with E-state index in [2.05, 4.69) is 5.32 Å².